The number of hydrogen-bond donors (Lipinski definition) is 1. The quantitative estimate of drug-likeness (QED) is 0.792. The summed E-state index contributed by atoms with van der Waals surface area (Å²) < 4.78 is 0. The van der Waals surface area contributed by atoms with E-state index >= 15 is 0 Å². The largest absolute Gasteiger partial charge is 0.375 e. The van der Waals surface area contributed by atoms with Crippen LogP contribution in [0.2, 0.25) is 0 Å². The molecule has 1 aliphatic rings. The van der Waals surface area contributed by atoms with Gasteiger partial charge >= 0.3 is 0 Å². The second kappa shape index (κ2) is 3.48. The molecule has 0 saturated carbocycles. The number of amides is 1. The second-order valence-corrected chi connectivity index (χ2v) is 5.33. The minimum absolute atomic E-state index is 0.00505. The van der Waals surface area contributed by atoms with Gasteiger partial charge in [0, 0.05) is 17.5 Å². The van der Waals surface area contributed by atoms with Gasteiger partial charge in [0.05, 0.1) is 0 Å². The molecule has 1 aromatic rings. The van der Waals surface area contributed by atoms with Crippen LogP contribution in [0, 0.1) is 0 Å². The van der Waals surface area contributed by atoms with Crippen LogP contribution in [-0.2, 0) is 0 Å². The highest BCUT2D eigenvalue weighted by molar-refractivity contribution is 7.13. The molecule has 1 aromatic heterocycles. The van der Waals surface area contributed by atoms with Crippen molar-refractivity contribution in [3.63, 3.8) is 0 Å². The Morgan fingerprint density at radius 2 is 2.40 bits per heavy atom. The second-order valence-electron chi connectivity index (χ2n) is 4.44. The van der Waals surface area contributed by atoms with E-state index in [4.69, 9.17) is 5.73 Å². The van der Waals surface area contributed by atoms with Gasteiger partial charge in [-0.2, -0.15) is 0 Å². The molecule has 0 atom stereocenters. The van der Waals surface area contributed by atoms with Crippen LogP contribution in [0.1, 0.15) is 37.2 Å². The summed E-state index contributed by atoms with van der Waals surface area (Å²) in [5, 5.41) is 2.18. The molecular formula is C10H15N3OS. The number of likely N-dealkylation sites (tertiary alicyclic amines) is 1. The van der Waals surface area contributed by atoms with Crippen LogP contribution in [-0.4, -0.2) is 27.9 Å². The van der Waals surface area contributed by atoms with Gasteiger partial charge in [-0.05, 0) is 26.7 Å². The zero-order valence-electron chi connectivity index (χ0n) is 8.99. The van der Waals surface area contributed by atoms with E-state index in [9.17, 15) is 4.79 Å². The van der Waals surface area contributed by atoms with E-state index in [0.717, 1.165) is 19.4 Å². The minimum Gasteiger partial charge on any atom is -0.375 e. The van der Waals surface area contributed by atoms with Crippen molar-refractivity contribution in [2.45, 2.75) is 32.2 Å². The third-order valence-corrected chi connectivity index (χ3v) is 3.56. The van der Waals surface area contributed by atoms with Gasteiger partial charge in [0.1, 0.15) is 5.69 Å². The van der Waals surface area contributed by atoms with Crippen LogP contribution in [0.5, 0.6) is 0 Å². The lowest BCUT2D eigenvalue weighted by atomic mass is 10.0. The minimum atomic E-state index is -0.0462. The number of rotatable bonds is 1. The van der Waals surface area contributed by atoms with Crippen LogP contribution in [0.4, 0.5) is 5.13 Å². The highest BCUT2D eigenvalue weighted by Crippen LogP contribution is 2.30. The maximum absolute atomic E-state index is 12.1. The Bertz CT molecular complexity index is 386. The molecule has 0 bridgehead atoms. The SMILES string of the molecule is CC1(C)CCCN1C(=O)c1csc(N)n1. The fourth-order valence-corrected chi connectivity index (χ4v) is 2.54. The maximum atomic E-state index is 12.1. The number of carbonyl (C=O) groups excluding carboxylic acids is 1. The van der Waals surface area contributed by atoms with Crippen molar-refractivity contribution in [3.8, 4) is 0 Å². The standard InChI is InChI=1S/C10H15N3OS/c1-10(2)4-3-5-13(10)8(14)7-6-15-9(11)12-7/h6H,3-5H2,1-2H3,(H2,11,12). The highest BCUT2D eigenvalue weighted by atomic mass is 32.1. The van der Waals surface area contributed by atoms with Crippen molar-refractivity contribution >= 4 is 22.4 Å². The van der Waals surface area contributed by atoms with Gasteiger partial charge in [-0.25, -0.2) is 4.98 Å². The van der Waals surface area contributed by atoms with E-state index in [1.54, 1.807) is 5.38 Å². The van der Waals surface area contributed by atoms with Crippen molar-refractivity contribution < 1.29 is 4.79 Å². The predicted octanol–water partition coefficient (Wildman–Crippen LogP) is 1.74. The van der Waals surface area contributed by atoms with Crippen LogP contribution < -0.4 is 5.73 Å². The third-order valence-electron chi connectivity index (χ3n) is 2.89. The summed E-state index contributed by atoms with van der Waals surface area (Å²) in [6.45, 7) is 5.00. The lowest BCUT2D eigenvalue weighted by Gasteiger charge is -2.30. The van der Waals surface area contributed by atoms with Gasteiger partial charge in [0.2, 0.25) is 0 Å². The van der Waals surface area contributed by atoms with E-state index in [1.807, 2.05) is 4.90 Å². The molecule has 2 rings (SSSR count). The molecule has 0 radical (unpaired) electrons. The summed E-state index contributed by atoms with van der Waals surface area (Å²) in [6.07, 6.45) is 2.12. The van der Waals surface area contributed by atoms with Crippen molar-refractivity contribution in [2.75, 3.05) is 12.3 Å². The molecule has 82 valence electrons. The molecule has 0 unspecified atom stereocenters. The van der Waals surface area contributed by atoms with Crippen LogP contribution in [0.3, 0.4) is 0 Å². The number of nitrogens with two attached hydrogens (primary N) is 1. The Morgan fingerprint density at radius 1 is 1.67 bits per heavy atom. The van der Waals surface area contributed by atoms with Crippen molar-refractivity contribution in [3.05, 3.63) is 11.1 Å². The zero-order chi connectivity index (χ0) is 11.1. The fraction of sp³-hybridized carbons (Fsp3) is 0.600. The monoisotopic (exact) mass is 225 g/mol. The first-order chi connectivity index (χ1) is 7.00. The Kier molecular flexibility index (Phi) is 2.42. The number of aromatic nitrogens is 1. The molecule has 5 heteroatoms. The molecule has 0 spiro atoms. The van der Waals surface area contributed by atoms with E-state index in [1.165, 1.54) is 11.3 Å². The highest BCUT2D eigenvalue weighted by Gasteiger charge is 2.36. The first-order valence-corrected chi connectivity index (χ1v) is 5.92. The molecule has 2 heterocycles. The van der Waals surface area contributed by atoms with Gasteiger partial charge in [0.25, 0.3) is 5.91 Å². The van der Waals surface area contributed by atoms with Crippen LogP contribution in [0.25, 0.3) is 0 Å². The topological polar surface area (TPSA) is 59.2 Å². The Balaban J connectivity index is 2.21. The van der Waals surface area contributed by atoms with Gasteiger partial charge < -0.3 is 10.6 Å². The summed E-state index contributed by atoms with van der Waals surface area (Å²) in [6, 6.07) is 0. The molecule has 15 heavy (non-hydrogen) atoms. The third kappa shape index (κ3) is 1.84. The molecule has 1 saturated heterocycles. The van der Waals surface area contributed by atoms with Gasteiger partial charge in [-0.15, -0.1) is 11.3 Å². The van der Waals surface area contributed by atoms with E-state index in [-0.39, 0.29) is 11.4 Å². The molecule has 1 fully saturated rings. The summed E-state index contributed by atoms with van der Waals surface area (Å²) in [7, 11) is 0. The van der Waals surface area contributed by atoms with Crippen molar-refractivity contribution in [1.82, 2.24) is 9.88 Å². The van der Waals surface area contributed by atoms with Crippen molar-refractivity contribution in [1.29, 1.82) is 0 Å². The summed E-state index contributed by atoms with van der Waals surface area (Å²) in [5.74, 6) is 0.00505. The molecule has 4 nitrogen and oxygen atoms in total. The number of nitrogen functional groups attached to an aromatic ring is 1. The smallest absolute Gasteiger partial charge is 0.273 e. The van der Waals surface area contributed by atoms with E-state index in [2.05, 4.69) is 18.8 Å². The summed E-state index contributed by atoms with van der Waals surface area (Å²) >= 11 is 1.31. The number of carbonyl (C=O) groups is 1. The average Bonchev–Trinajstić information content (AvgIpc) is 2.70. The Hall–Kier alpha value is -1.10. The van der Waals surface area contributed by atoms with Crippen LogP contribution >= 0.6 is 11.3 Å². The lowest BCUT2D eigenvalue weighted by molar-refractivity contribution is 0.0647. The molecule has 0 aromatic carbocycles. The Morgan fingerprint density at radius 3 is 2.87 bits per heavy atom. The van der Waals surface area contributed by atoms with E-state index < -0.39 is 0 Å². The normalized spacial score (nSPS) is 19.5. The molecule has 1 amide bonds. The fourth-order valence-electron chi connectivity index (χ4n) is 2.01. The van der Waals surface area contributed by atoms with Gasteiger partial charge in [0.15, 0.2) is 5.13 Å². The predicted molar refractivity (Wildman–Crippen MR) is 60.9 cm³/mol. The van der Waals surface area contributed by atoms with Gasteiger partial charge in [-0.3, -0.25) is 4.79 Å². The first-order valence-electron chi connectivity index (χ1n) is 5.04. The van der Waals surface area contributed by atoms with Crippen molar-refractivity contribution in [2.24, 2.45) is 0 Å². The molecular weight excluding hydrogens is 210 g/mol. The number of anilines is 1. The number of nitrogens with zero attached hydrogens (tertiary/aromatic N) is 2. The average molecular weight is 225 g/mol. The first kappa shape index (κ1) is 10.4. The zero-order valence-corrected chi connectivity index (χ0v) is 9.80. The summed E-state index contributed by atoms with van der Waals surface area (Å²) in [5.41, 5.74) is 5.95. The number of hydrogen-bond acceptors (Lipinski definition) is 4. The van der Waals surface area contributed by atoms with Gasteiger partial charge in [-0.1, -0.05) is 0 Å². The lowest BCUT2D eigenvalue weighted by Crippen LogP contribution is -2.42. The molecule has 0 aliphatic carbocycles. The summed E-state index contributed by atoms with van der Waals surface area (Å²) in [4.78, 5) is 18.0. The number of thiazole rings is 1. The Labute approximate surface area is 93.1 Å². The maximum Gasteiger partial charge on any atom is 0.273 e. The van der Waals surface area contributed by atoms with E-state index in [0.29, 0.717) is 10.8 Å². The van der Waals surface area contributed by atoms with Crippen LogP contribution in [0.15, 0.2) is 5.38 Å². The molecule has 2 N–H and O–H groups in total. The molecule has 1 aliphatic heterocycles.